The first kappa shape index (κ1) is 15.1. The van der Waals surface area contributed by atoms with Crippen LogP contribution in [0.4, 0.5) is 5.82 Å². The minimum Gasteiger partial charge on any atom is -0.381 e. The maximum Gasteiger partial charge on any atom is 0.273 e. The normalized spacial score (nSPS) is 18.6. The molecule has 1 unspecified atom stereocenters. The summed E-state index contributed by atoms with van der Waals surface area (Å²) in [5.74, 6) is 0.869. The smallest absolute Gasteiger partial charge is 0.273 e. The molecule has 1 aliphatic heterocycles. The van der Waals surface area contributed by atoms with Crippen LogP contribution in [-0.2, 0) is 4.74 Å². The van der Waals surface area contributed by atoms with Crippen LogP contribution < -0.4 is 5.32 Å². The van der Waals surface area contributed by atoms with Gasteiger partial charge in [-0.2, -0.15) is 0 Å². The molecule has 1 aliphatic rings. The maximum absolute atomic E-state index is 12.4. The van der Waals surface area contributed by atoms with Crippen molar-refractivity contribution in [3.05, 3.63) is 22.8 Å². The first-order valence-corrected chi connectivity index (χ1v) is 7.17. The molecule has 1 amide bonds. The van der Waals surface area contributed by atoms with E-state index in [9.17, 15) is 4.79 Å². The SMILES string of the molecule is CNc1ccc(Cl)c(C(=O)N(C)CC2CCCOC2)n1. The zero-order valence-corrected chi connectivity index (χ0v) is 12.6. The number of nitrogens with zero attached hydrogens (tertiary/aromatic N) is 2. The van der Waals surface area contributed by atoms with Crippen molar-refractivity contribution in [2.75, 3.05) is 39.2 Å². The second kappa shape index (κ2) is 6.90. The molecule has 1 aromatic rings. The average Bonchev–Trinajstić information content (AvgIpc) is 2.48. The van der Waals surface area contributed by atoms with Crippen LogP contribution in [0.2, 0.25) is 5.02 Å². The Labute approximate surface area is 124 Å². The Balaban J connectivity index is 2.05. The van der Waals surface area contributed by atoms with Crippen molar-refractivity contribution in [3.63, 3.8) is 0 Å². The molecule has 0 spiro atoms. The fourth-order valence-corrected chi connectivity index (χ4v) is 2.52. The number of halogens is 1. The van der Waals surface area contributed by atoms with Gasteiger partial charge in [0, 0.05) is 27.2 Å². The predicted molar refractivity (Wildman–Crippen MR) is 79.3 cm³/mol. The van der Waals surface area contributed by atoms with E-state index in [4.69, 9.17) is 16.3 Å². The summed E-state index contributed by atoms with van der Waals surface area (Å²) in [6.07, 6.45) is 2.15. The lowest BCUT2D eigenvalue weighted by atomic mass is 10.0. The topological polar surface area (TPSA) is 54.5 Å². The van der Waals surface area contributed by atoms with Gasteiger partial charge < -0.3 is 15.0 Å². The molecular weight excluding hydrogens is 278 g/mol. The first-order chi connectivity index (χ1) is 9.61. The lowest BCUT2D eigenvalue weighted by molar-refractivity contribution is 0.0387. The Morgan fingerprint density at radius 3 is 3.05 bits per heavy atom. The van der Waals surface area contributed by atoms with Crippen LogP contribution in [0.1, 0.15) is 23.3 Å². The number of anilines is 1. The van der Waals surface area contributed by atoms with E-state index in [1.54, 1.807) is 31.1 Å². The van der Waals surface area contributed by atoms with Crippen LogP contribution in [0.15, 0.2) is 12.1 Å². The molecule has 0 bridgehead atoms. The Kier molecular flexibility index (Phi) is 5.20. The van der Waals surface area contributed by atoms with Gasteiger partial charge in [0.15, 0.2) is 0 Å². The molecule has 0 aliphatic carbocycles. The summed E-state index contributed by atoms with van der Waals surface area (Å²) >= 11 is 6.07. The van der Waals surface area contributed by atoms with Crippen molar-refractivity contribution in [3.8, 4) is 0 Å². The molecule has 1 atom stereocenters. The highest BCUT2D eigenvalue weighted by Crippen LogP contribution is 2.20. The van der Waals surface area contributed by atoms with E-state index in [-0.39, 0.29) is 11.6 Å². The largest absolute Gasteiger partial charge is 0.381 e. The number of aromatic nitrogens is 1. The van der Waals surface area contributed by atoms with Gasteiger partial charge in [-0.1, -0.05) is 11.6 Å². The zero-order chi connectivity index (χ0) is 14.5. The summed E-state index contributed by atoms with van der Waals surface area (Å²) < 4.78 is 5.44. The molecule has 2 heterocycles. The number of amides is 1. The number of nitrogens with one attached hydrogen (secondary N) is 1. The molecule has 6 heteroatoms. The maximum atomic E-state index is 12.4. The van der Waals surface area contributed by atoms with Gasteiger partial charge in [0.2, 0.25) is 0 Å². The fraction of sp³-hybridized carbons (Fsp3) is 0.571. The van der Waals surface area contributed by atoms with Crippen LogP contribution in [0.5, 0.6) is 0 Å². The van der Waals surface area contributed by atoms with Crippen LogP contribution in [0.3, 0.4) is 0 Å². The summed E-state index contributed by atoms with van der Waals surface area (Å²) in [5, 5.41) is 3.28. The summed E-state index contributed by atoms with van der Waals surface area (Å²) in [4.78, 5) is 18.3. The second-order valence-electron chi connectivity index (χ2n) is 5.05. The van der Waals surface area contributed by atoms with E-state index in [0.29, 0.717) is 23.3 Å². The minimum atomic E-state index is -0.155. The predicted octanol–water partition coefficient (Wildman–Crippen LogP) is 2.28. The third-order valence-electron chi connectivity index (χ3n) is 3.44. The van der Waals surface area contributed by atoms with Crippen LogP contribution in [0, 0.1) is 5.92 Å². The molecule has 2 rings (SSSR count). The van der Waals surface area contributed by atoms with Gasteiger partial charge >= 0.3 is 0 Å². The van der Waals surface area contributed by atoms with Crippen molar-refractivity contribution >= 4 is 23.3 Å². The van der Waals surface area contributed by atoms with E-state index >= 15 is 0 Å². The van der Waals surface area contributed by atoms with Crippen molar-refractivity contribution in [1.82, 2.24) is 9.88 Å². The number of ether oxygens (including phenoxy) is 1. The van der Waals surface area contributed by atoms with Crippen molar-refractivity contribution in [2.45, 2.75) is 12.8 Å². The van der Waals surface area contributed by atoms with Crippen molar-refractivity contribution in [2.24, 2.45) is 5.92 Å². The first-order valence-electron chi connectivity index (χ1n) is 6.79. The Morgan fingerprint density at radius 2 is 2.40 bits per heavy atom. The van der Waals surface area contributed by atoms with Crippen LogP contribution in [-0.4, -0.2) is 49.6 Å². The average molecular weight is 298 g/mol. The van der Waals surface area contributed by atoms with Crippen molar-refractivity contribution < 1.29 is 9.53 Å². The van der Waals surface area contributed by atoms with Crippen molar-refractivity contribution in [1.29, 1.82) is 0 Å². The van der Waals surface area contributed by atoms with E-state index in [2.05, 4.69) is 10.3 Å². The summed E-state index contributed by atoms with van der Waals surface area (Å²) in [7, 11) is 3.54. The molecule has 1 aromatic heterocycles. The highest BCUT2D eigenvalue weighted by Gasteiger charge is 2.22. The zero-order valence-electron chi connectivity index (χ0n) is 11.9. The lowest BCUT2D eigenvalue weighted by Crippen LogP contribution is -2.35. The second-order valence-corrected chi connectivity index (χ2v) is 5.45. The number of hydrogen-bond donors (Lipinski definition) is 1. The van der Waals surface area contributed by atoms with E-state index in [1.165, 1.54) is 0 Å². The Hall–Kier alpha value is -1.33. The summed E-state index contributed by atoms with van der Waals surface area (Å²) in [5.41, 5.74) is 0.290. The number of carbonyl (C=O) groups is 1. The third kappa shape index (κ3) is 3.61. The third-order valence-corrected chi connectivity index (χ3v) is 3.74. The molecule has 20 heavy (non-hydrogen) atoms. The fourth-order valence-electron chi connectivity index (χ4n) is 2.33. The highest BCUT2D eigenvalue weighted by atomic mass is 35.5. The van der Waals surface area contributed by atoms with Crippen LogP contribution in [0.25, 0.3) is 0 Å². The van der Waals surface area contributed by atoms with Crippen LogP contribution >= 0.6 is 11.6 Å². The molecule has 5 nitrogen and oxygen atoms in total. The number of hydrogen-bond acceptors (Lipinski definition) is 4. The molecule has 1 N–H and O–H groups in total. The number of pyridine rings is 1. The summed E-state index contributed by atoms with van der Waals surface area (Å²) in [6.45, 7) is 2.21. The number of rotatable bonds is 4. The molecule has 1 fully saturated rings. The van der Waals surface area contributed by atoms with Gasteiger partial charge in [-0.05, 0) is 30.9 Å². The molecule has 0 saturated carbocycles. The van der Waals surface area contributed by atoms with Gasteiger partial charge in [0.05, 0.1) is 11.6 Å². The molecule has 110 valence electrons. The van der Waals surface area contributed by atoms with Gasteiger partial charge in [-0.25, -0.2) is 4.98 Å². The van der Waals surface area contributed by atoms with E-state index < -0.39 is 0 Å². The molecule has 0 aromatic carbocycles. The monoisotopic (exact) mass is 297 g/mol. The minimum absolute atomic E-state index is 0.155. The van der Waals surface area contributed by atoms with Gasteiger partial charge in [0.25, 0.3) is 5.91 Å². The van der Waals surface area contributed by atoms with E-state index in [1.807, 2.05) is 0 Å². The number of carbonyl (C=O) groups excluding carboxylic acids is 1. The molecule has 0 radical (unpaired) electrons. The Bertz CT molecular complexity index is 475. The van der Waals surface area contributed by atoms with Gasteiger partial charge in [-0.3, -0.25) is 4.79 Å². The highest BCUT2D eigenvalue weighted by molar-refractivity contribution is 6.33. The molecule has 1 saturated heterocycles. The summed E-state index contributed by atoms with van der Waals surface area (Å²) in [6, 6.07) is 3.43. The van der Waals surface area contributed by atoms with Gasteiger partial charge in [0.1, 0.15) is 11.5 Å². The Morgan fingerprint density at radius 1 is 1.60 bits per heavy atom. The van der Waals surface area contributed by atoms with Gasteiger partial charge in [-0.15, -0.1) is 0 Å². The van der Waals surface area contributed by atoms with E-state index in [0.717, 1.165) is 26.1 Å². The molecular formula is C14H20ClN3O2. The quantitative estimate of drug-likeness (QED) is 0.926. The standard InChI is InChI=1S/C14H20ClN3O2/c1-16-12-6-5-11(15)13(17-12)14(19)18(2)8-10-4-3-7-20-9-10/h5-6,10H,3-4,7-9H2,1-2H3,(H,16,17). The lowest BCUT2D eigenvalue weighted by Gasteiger charge is -2.27.